The first-order valence-corrected chi connectivity index (χ1v) is 11.4. The molecule has 0 aliphatic heterocycles. The predicted molar refractivity (Wildman–Crippen MR) is 141 cm³/mol. The zero-order valence-electron chi connectivity index (χ0n) is 18.5. The van der Waals surface area contributed by atoms with Crippen molar-refractivity contribution in [3.8, 4) is 0 Å². The van der Waals surface area contributed by atoms with E-state index in [0.717, 1.165) is 34.2 Å². The molecule has 4 rings (SSSR count). The van der Waals surface area contributed by atoms with E-state index in [1.165, 1.54) is 12.8 Å². The van der Waals surface area contributed by atoms with Crippen LogP contribution in [0.15, 0.2) is 86.0 Å². The first-order valence-electron chi connectivity index (χ1n) is 10.6. The number of benzene rings is 1. The van der Waals surface area contributed by atoms with Crippen molar-refractivity contribution in [3.05, 3.63) is 97.5 Å². The largest absolute Gasteiger partial charge is 0.378 e. The maximum absolute atomic E-state index is 6.00. The van der Waals surface area contributed by atoms with Crippen molar-refractivity contribution in [2.24, 2.45) is 5.92 Å². The molecule has 0 saturated heterocycles. The minimum atomic E-state index is 0.592. The molecule has 0 amide bonds. The standard InChI is InChI=1S/C23H25ClN6S.C2H4/c1-15(26-12-18-4-3-9-25-11-18)23-29-22(14-30(23)13-17-5-6-17)28-16(2)27-20-8-7-19(24)10-21(20)31;1-2/h3-4,7-11,14,17,26-28,31H,1-2,5-6,12-13H2;1-2H2. The zero-order valence-corrected chi connectivity index (χ0v) is 20.2. The van der Waals surface area contributed by atoms with E-state index in [1.54, 1.807) is 18.3 Å². The molecule has 2 aromatic heterocycles. The third kappa shape index (κ3) is 7.17. The molecule has 33 heavy (non-hydrogen) atoms. The van der Waals surface area contributed by atoms with Crippen LogP contribution in [-0.4, -0.2) is 14.5 Å². The Hall–Kier alpha value is -3.16. The third-order valence-corrected chi connectivity index (χ3v) is 5.56. The Morgan fingerprint density at radius 1 is 1.18 bits per heavy atom. The van der Waals surface area contributed by atoms with E-state index in [1.807, 2.05) is 30.6 Å². The number of hydrogen-bond donors (Lipinski definition) is 4. The summed E-state index contributed by atoms with van der Waals surface area (Å²) in [6.45, 7) is 15.8. The minimum absolute atomic E-state index is 0.592. The number of nitrogens with zero attached hydrogens (tertiary/aromatic N) is 3. The number of pyridine rings is 1. The number of thiol groups is 1. The lowest BCUT2D eigenvalue weighted by Crippen LogP contribution is -2.15. The van der Waals surface area contributed by atoms with Gasteiger partial charge >= 0.3 is 0 Å². The molecule has 1 aliphatic carbocycles. The topological polar surface area (TPSA) is 66.8 Å². The Morgan fingerprint density at radius 3 is 2.64 bits per heavy atom. The Labute approximate surface area is 205 Å². The fraction of sp³-hybridized carbons (Fsp3) is 0.200. The van der Waals surface area contributed by atoms with Gasteiger partial charge in [0, 0.05) is 41.6 Å². The minimum Gasteiger partial charge on any atom is -0.378 e. The van der Waals surface area contributed by atoms with Gasteiger partial charge in [-0.1, -0.05) is 30.8 Å². The van der Waals surface area contributed by atoms with Crippen LogP contribution in [0.1, 0.15) is 24.2 Å². The van der Waals surface area contributed by atoms with Gasteiger partial charge in [-0.15, -0.1) is 25.8 Å². The highest BCUT2D eigenvalue weighted by molar-refractivity contribution is 7.80. The monoisotopic (exact) mass is 480 g/mol. The smallest absolute Gasteiger partial charge is 0.158 e. The van der Waals surface area contributed by atoms with Crippen LogP contribution in [0.2, 0.25) is 5.02 Å². The summed E-state index contributed by atoms with van der Waals surface area (Å²) < 4.78 is 2.15. The number of anilines is 2. The Bertz CT molecular complexity index is 1110. The first kappa shape index (κ1) is 24.5. The number of nitrogens with one attached hydrogen (secondary N) is 3. The lowest BCUT2D eigenvalue weighted by atomic mass is 10.3. The molecular formula is C25H29ClN6S. The van der Waals surface area contributed by atoms with E-state index in [0.29, 0.717) is 29.1 Å². The molecule has 0 radical (unpaired) electrons. The first-order chi connectivity index (χ1) is 16.0. The van der Waals surface area contributed by atoms with Gasteiger partial charge in [-0.3, -0.25) is 4.98 Å². The highest BCUT2D eigenvalue weighted by Gasteiger charge is 2.24. The number of imidazole rings is 1. The van der Waals surface area contributed by atoms with Gasteiger partial charge in [-0.2, -0.15) is 0 Å². The molecule has 8 heteroatoms. The Morgan fingerprint density at radius 2 is 1.97 bits per heavy atom. The highest BCUT2D eigenvalue weighted by atomic mass is 35.5. The molecule has 1 fully saturated rings. The van der Waals surface area contributed by atoms with E-state index in [-0.39, 0.29) is 0 Å². The Kier molecular flexibility index (Phi) is 8.63. The fourth-order valence-corrected chi connectivity index (χ4v) is 3.70. The lowest BCUT2D eigenvalue weighted by Gasteiger charge is -2.12. The summed E-state index contributed by atoms with van der Waals surface area (Å²) in [5, 5.41) is 10.4. The molecule has 172 valence electrons. The molecule has 1 saturated carbocycles. The average molecular weight is 481 g/mol. The number of halogens is 1. The second-order valence-electron chi connectivity index (χ2n) is 7.63. The quantitative estimate of drug-likeness (QED) is 0.206. The van der Waals surface area contributed by atoms with Crippen LogP contribution in [0.25, 0.3) is 5.70 Å². The van der Waals surface area contributed by atoms with Crippen molar-refractivity contribution in [2.45, 2.75) is 30.8 Å². The van der Waals surface area contributed by atoms with Crippen LogP contribution >= 0.6 is 24.2 Å². The third-order valence-electron chi connectivity index (χ3n) is 4.95. The van der Waals surface area contributed by atoms with E-state index in [4.69, 9.17) is 16.6 Å². The van der Waals surface area contributed by atoms with Crippen LogP contribution < -0.4 is 16.0 Å². The van der Waals surface area contributed by atoms with Gasteiger partial charge in [0.25, 0.3) is 0 Å². The Balaban J connectivity index is 0.00000149. The van der Waals surface area contributed by atoms with Crippen LogP contribution in [0.3, 0.4) is 0 Å². The van der Waals surface area contributed by atoms with Crippen molar-refractivity contribution in [1.29, 1.82) is 0 Å². The molecule has 6 nitrogen and oxygen atoms in total. The van der Waals surface area contributed by atoms with Crippen LogP contribution in [0, 0.1) is 5.92 Å². The van der Waals surface area contributed by atoms with E-state index >= 15 is 0 Å². The summed E-state index contributed by atoms with van der Waals surface area (Å²) in [4.78, 5) is 9.65. The highest BCUT2D eigenvalue weighted by Crippen LogP contribution is 2.32. The second kappa shape index (κ2) is 11.6. The summed E-state index contributed by atoms with van der Waals surface area (Å²) in [5.41, 5.74) is 2.67. The lowest BCUT2D eigenvalue weighted by molar-refractivity contribution is 0.616. The SMILES string of the molecule is C=C.C=C(Nc1cn(CC2CC2)c(C(=C)NCc2cccnc2)n1)Nc1ccc(Cl)cc1S. The number of aromatic nitrogens is 3. The van der Waals surface area contributed by atoms with Crippen LogP contribution in [0.5, 0.6) is 0 Å². The molecule has 3 aromatic rings. The van der Waals surface area contributed by atoms with Crippen LogP contribution in [0.4, 0.5) is 11.5 Å². The molecule has 0 bridgehead atoms. The van der Waals surface area contributed by atoms with Crippen molar-refractivity contribution in [1.82, 2.24) is 19.9 Å². The zero-order chi connectivity index (χ0) is 23.8. The van der Waals surface area contributed by atoms with E-state index < -0.39 is 0 Å². The predicted octanol–water partition coefficient (Wildman–Crippen LogP) is 6.19. The van der Waals surface area contributed by atoms with E-state index in [2.05, 4.69) is 64.4 Å². The number of rotatable bonds is 10. The van der Waals surface area contributed by atoms with Gasteiger partial charge in [-0.25, -0.2) is 4.98 Å². The summed E-state index contributed by atoms with van der Waals surface area (Å²) >= 11 is 10.5. The molecule has 0 spiro atoms. The molecule has 2 heterocycles. The molecule has 1 aliphatic rings. The molecule has 1 aromatic carbocycles. The summed E-state index contributed by atoms with van der Waals surface area (Å²) in [7, 11) is 0. The fourth-order valence-electron chi connectivity index (χ4n) is 3.18. The molecule has 0 atom stereocenters. The van der Waals surface area contributed by atoms with Crippen molar-refractivity contribution < 1.29 is 0 Å². The number of hydrogen-bond acceptors (Lipinski definition) is 6. The summed E-state index contributed by atoms with van der Waals surface area (Å²) in [5.74, 6) is 2.81. The van der Waals surface area contributed by atoms with Gasteiger partial charge in [-0.05, 0) is 48.6 Å². The summed E-state index contributed by atoms with van der Waals surface area (Å²) in [6, 6.07) is 9.39. The van der Waals surface area contributed by atoms with Crippen molar-refractivity contribution in [3.63, 3.8) is 0 Å². The van der Waals surface area contributed by atoms with Gasteiger partial charge in [0.05, 0.1) is 11.4 Å². The van der Waals surface area contributed by atoms with Gasteiger partial charge in [0.1, 0.15) is 11.6 Å². The maximum Gasteiger partial charge on any atom is 0.158 e. The van der Waals surface area contributed by atoms with Gasteiger partial charge < -0.3 is 20.5 Å². The van der Waals surface area contributed by atoms with Gasteiger partial charge in [0.2, 0.25) is 0 Å². The maximum atomic E-state index is 6.00. The summed E-state index contributed by atoms with van der Waals surface area (Å²) in [6.07, 6.45) is 8.12. The molecule has 3 N–H and O–H groups in total. The average Bonchev–Trinajstić information content (AvgIpc) is 3.54. The second-order valence-corrected chi connectivity index (χ2v) is 8.55. The normalized spacial score (nSPS) is 12.3. The molecule has 0 unspecified atom stereocenters. The van der Waals surface area contributed by atoms with Crippen molar-refractivity contribution in [2.75, 3.05) is 10.6 Å². The van der Waals surface area contributed by atoms with E-state index in [9.17, 15) is 0 Å². The van der Waals surface area contributed by atoms with Gasteiger partial charge in [0.15, 0.2) is 5.82 Å². The van der Waals surface area contributed by atoms with Crippen LogP contribution in [-0.2, 0) is 13.1 Å². The molecular weight excluding hydrogens is 452 g/mol. The van der Waals surface area contributed by atoms with Crippen molar-refractivity contribution >= 4 is 41.4 Å².